The molecule has 0 bridgehead atoms. The number of aromatic amines is 1. The maximum absolute atomic E-state index is 14.0. The van der Waals surface area contributed by atoms with Crippen molar-refractivity contribution in [2.24, 2.45) is 0 Å². The zero-order chi connectivity index (χ0) is 20.3. The molecule has 0 aliphatic carbocycles. The Morgan fingerprint density at radius 2 is 1.93 bits per heavy atom. The van der Waals surface area contributed by atoms with Crippen LogP contribution in [0.2, 0.25) is 0 Å². The standard InChI is InChI=1S/C21H17FN4O2S/c1-26-11-16-19-14(15-9-13(22)4-5-17(15)26)7-8-23-21(19)25-20(16)12-3-6-18(24-10-12)29(2,27)28/h3-10H,11H2,1-2H3,(H,23,25). The minimum atomic E-state index is -3.37. The van der Waals surface area contributed by atoms with E-state index in [9.17, 15) is 12.8 Å². The first-order valence-corrected chi connectivity index (χ1v) is 10.9. The normalized spacial score (nSPS) is 13.4. The number of aromatic nitrogens is 3. The fourth-order valence-electron chi connectivity index (χ4n) is 3.94. The van der Waals surface area contributed by atoms with Crippen molar-refractivity contribution in [1.29, 1.82) is 0 Å². The first-order valence-electron chi connectivity index (χ1n) is 9.00. The molecule has 0 fully saturated rings. The van der Waals surface area contributed by atoms with E-state index in [1.807, 2.05) is 13.1 Å². The number of nitrogens with one attached hydrogen (secondary N) is 1. The number of hydrogen-bond acceptors (Lipinski definition) is 5. The minimum absolute atomic E-state index is 0.0297. The van der Waals surface area contributed by atoms with E-state index in [2.05, 4.69) is 19.9 Å². The summed E-state index contributed by atoms with van der Waals surface area (Å²) >= 11 is 0. The van der Waals surface area contributed by atoms with Crippen molar-refractivity contribution in [2.45, 2.75) is 11.6 Å². The van der Waals surface area contributed by atoms with Gasteiger partial charge in [-0.1, -0.05) is 0 Å². The van der Waals surface area contributed by atoms with Crippen molar-refractivity contribution in [3.8, 4) is 22.4 Å². The van der Waals surface area contributed by atoms with Gasteiger partial charge in [-0.05, 0) is 42.0 Å². The average Bonchev–Trinajstić information content (AvgIpc) is 3.00. The second-order valence-electron chi connectivity index (χ2n) is 7.24. The number of H-pyrrole nitrogens is 1. The first-order chi connectivity index (χ1) is 13.8. The van der Waals surface area contributed by atoms with Gasteiger partial charge in [0.1, 0.15) is 11.5 Å². The Balaban J connectivity index is 1.77. The summed E-state index contributed by atoms with van der Waals surface area (Å²) in [4.78, 5) is 14.0. The van der Waals surface area contributed by atoms with E-state index in [1.165, 1.54) is 12.1 Å². The number of benzene rings is 1. The lowest BCUT2D eigenvalue weighted by Crippen LogP contribution is -2.16. The van der Waals surface area contributed by atoms with Gasteiger partial charge in [-0.2, -0.15) is 0 Å². The third-order valence-corrected chi connectivity index (χ3v) is 6.26. The molecular formula is C21H17FN4O2S. The zero-order valence-electron chi connectivity index (χ0n) is 15.8. The van der Waals surface area contributed by atoms with E-state index < -0.39 is 9.84 Å². The Kier molecular flexibility index (Phi) is 3.76. The summed E-state index contributed by atoms with van der Waals surface area (Å²) < 4.78 is 37.5. The molecule has 1 aliphatic rings. The van der Waals surface area contributed by atoms with Crippen LogP contribution in [0.3, 0.4) is 0 Å². The molecule has 1 aromatic carbocycles. The van der Waals surface area contributed by atoms with Crippen LogP contribution in [0.1, 0.15) is 5.56 Å². The fraction of sp³-hybridized carbons (Fsp3) is 0.143. The summed E-state index contributed by atoms with van der Waals surface area (Å²) in [6, 6.07) is 9.93. The lowest BCUT2D eigenvalue weighted by Gasteiger charge is -2.20. The molecule has 3 aromatic heterocycles. The van der Waals surface area contributed by atoms with E-state index in [4.69, 9.17) is 0 Å². The highest BCUT2D eigenvalue weighted by Crippen LogP contribution is 2.43. The molecule has 0 saturated heterocycles. The number of nitrogens with zero attached hydrogens (tertiary/aromatic N) is 3. The van der Waals surface area contributed by atoms with Gasteiger partial charge in [0.2, 0.25) is 0 Å². The number of hydrogen-bond donors (Lipinski definition) is 1. The van der Waals surface area contributed by atoms with Crippen LogP contribution in [0.4, 0.5) is 10.1 Å². The van der Waals surface area contributed by atoms with Crippen LogP contribution in [0.5, 0.6) is 0 Å². The molecule has 0 atom stereocenters. The molecule has 5 rings (SSSR count). The van der Waals surface area contributed by atoms with E-state index in [1.54, 1.807) is 30.6 Å². The Morgan fingerprint density at radius 1 is 1.10 bits per heavy atom. The van der Waals surface area contributed by atoms with Crippen molar-refractivity contribution in [1.82, 2.24) is 15.0 Å². The van der Waals surface area contributed by atoms with Crippen LogP contribution < -0.4 is 4.90 Å². The minimum Gasteiger partial charge on any atom is -0.370 e. The van der Waals surface area contributed by atoms with Crippen molar-refractivity contribution in [3.63, 3.8) is 0 Å². The Hall–Kier alpha value is -3.26. The molecule has 4 heterocycles. The zero-order valence-corrected chi connectivity index (χ0v) is 16.6. The van der Waals surface area contributed by atoms with Gasteiger partial charge in [0.15, 0.2) is 14.9 Å². The van der Waals surface area contributed by atoms with Gasteiger partial charge in [0.05, 0.1) is 5.69 Å². The highest BCUT2D eigenvalue weighted by atomic mass is 32.2. The van der Waals surface area contributed by atoms with Crippen LogP contribution in [0, 0.1) is 5.82 Å². The van der Waals surface area contributed by atoms with E-state index >= 15 is 0 Å². The topological polar surface area (TPSA) is 79.0 Å². The largest absolute Gasteiger partial charge is 0.370 e. The fourth-order valence-corrected chi connectivity index (χ4v) is 4.50. The number of rotatable bonds is 2. The second-order valence-corrected chi connectivity index (χ2v) is 9.20. The van der Waals surface area contributed by atoms with Crippen LogP contribution in [-0.4, -0.2) is 36.7 Å². The highest BCUT2D eigenvalue weighted by Gasteiger charge is 2.25. The van der Waals surface area contributed by atoms with Gasteiger partial charge in [-0.25, -0.2) is 22.8 Å². The predicted octanol–water partition coefficient (Wildman–Crippen LogP) is 3.78. The van der Waals surface area contributed by atoms with Crippen LogP contribution in [0.25, 0.3) is 33.4 Å². The van der Waals surface area contributed by atoms with Crippen LogP contribution >= 0.6 is 0 Å². The van der Waals surface area contributed by atoms with Crippen molar-refractivity contribution < 1.29 is 12.8 Å². The molecule has 0 radical (unpaired) electrons. The van der Waals surface area contributed by atoms with Gasteiger partial charge in [-0.3, -0.25) is 0 Å². The SMILES string of the molecule is CN1Cc2c(-c3ccc(S(C)(=O)=O)nc3)[nH]c3nccc(c23)-c2cc(F)ccc21. The van der Waals surface area contributed by atoms with E-state index in [-0.39, 0.29) is 10.8 Å². The number of fused-ring (bicyclic) bond motifs is 2. The number of halogens is 1. The van der Waals surface area contributed by atoms with Gasteiger partial charge in [0.25, 0.3) is 0 Å². The van der Waals surface area contributed by atoms with Gasteiger partial charge >= 0.3 is 0 Å². The summed E-state index contributed by atoms with van der Waals surface area (Å²) in [5.74, 6) is -0.290. The molecule has 0 amide bonds. The Labute approximate surface area is 167 Å². The molecule has 6 nitrogen and oxygen atoms in total. The van der Waals surface area contributed by atoms with Crippen molar-refractivity contribution in [3.05, 3.63) is 60.2 Å². The lowest BCUT2D eigenvalue weighted by atomic mass is 10.00. The molecule has 1 aliphatic heterocycles. The average molecular weight is 408 g/mol. The molecule has 146 valence electrons. The smallest absolute Gasteiger partial charge is 0.192 e. The maximum atomic E-state index is 14.0. The lowest BCUT2D eigenvalue weighted by molar-refractivity contribution is 0.598. The summed E-state index contributed by atoms with van der Waals surface area (Å²) in [6.45, 7) is 0.584. The molecule has 1 N–H and O–H groups in total. The predicted molar refractivity (Wildman–Crippen MR) is 110 cm³/mol. The van der Waals surface area contributed by atoms with Gasteiger partial charge in [-0.15, -0.1) is 0 Å². The highest BCUT2D eigenvalue weighted by molar-refractivity contribution is 7.90. The Bertz CT molecular complexity index is 1380. The quantitative estimate of drug-likeness (QED) is 0.546. The van der Waals surface area contributed by atoms with E-state index in [0.717, 1.165) is 45.3 Å². The molecule has 0 unspecified atom stereocenters. The third kappa shape index (κ3) is 2.79. The second kappa shape index (κ2) is 6.12. The molecule has 8 heteroatoms. The molecule has 4 aromatic rings. The number of pyridine rings is 2. The number of sulfone groups is 1. The maximum Gasteiger partial charge on any atom is 0.192 e. The van der Waals surface area contributed by atoms with Crippen LogP contribution in [0.15, 0.2) is 53.8 Å². The first kappa shape index (κ1) is 17.8. The third-order valence-electron chi connectivity index (χ3n) is 5.26. The van der Waals surface area contributed by atoms with E-state index in [0.29, 0.717) is 12.2 Å². The monoisotopic (exact) mass is 408 g/mol. The Morgan fingerprint density at radius 3 is 2.66 bits per heavy atom. The summed E-state index contributed by atoms with van der Waals surface area (Å²) in [5.41, 5.74) is 5.96. The van der Waals surface area contributed by atoms with Crippen molar-refractivity contribution in [2.75, 3.05) is 18.2 Å². The van der Waals surface area contributed by atoms with Crippen LogP contribution in [-0.2, 0) is 16.4 Å². The van der Waals surface area contributed by atoms with Gasteiger partial charge < -0.3 is 9.88 Å². The van der Waals surface area contributed by atoms with Gasteiger partial charge in [0, 0.05) is 60.0 Å². The molecule has 29 heavy (non-hydrogen) atoms. The molecule has 0 saturated carbocycles. The molecular weight excluding hydrogens is 391 g/mol. The summed E-state index contributed by atoms with van der Waals surface area (Å²) in [5, 5.41) is 0.966. The number of anilines is 1. The van der Waals surface area contributed by atoms with Crippen molar-refractivity contribution >= 4 is 26.6 Å². The summed E-state index contributed by atoms with van der Waals surface area (Å²) in [7, 11) is -1.41. The molecule has 0 spiro atoms. The summed E-state index contributed by atoms with van der Waals surface area (Å²) in [6.07, 6.45) is 4.38.